The van der Waals surface area contributed by atoms with Gasteiger partial charge in [0.2, 0.25) is 11.8 Å². The summed E-state index contributed by atoms with van der Waals surface area (Å²) >= 11 is 0. The zero-order valence-electron chi connectivity index (χ0n) is 14.6. The second-order valence-electron chi connectivity index (χ2n) is 7.71. The molecule has 0 bridgehead atoms. The van der Waals surface area contributed by atoms with E-state index in [0.29, 0.717) is 17.7 Å². The molecule has 2 aliphatic carbocycles. The zero-order valence-corrected chi connectivity index (χ0v) is 14.6. The van der Waals surface area contributed by atoms with Crippen LogP contribution >= 0.6 is 0 Å². The summed E-state index contributed by atoms with van der Waals surface area (Å²) in [5, 5.41) is 3.07. The lowest BCUT2D eigenvalue weighted by Crippen LogP contribution is -2.51. The van der Waals surface area contributed by atoms with Gasteiger partial charge >= 0.3 is 0 Å². The van der Waals surface area contributed by atoms with Gasteiger partial charge in [0.1, 0.15) is 0 Å². The summed E-state index contributed by atoms with van der Waals surface area (Å²) in [6.07, 6.45) is 4.88. The maximum atomic E-state index is 12.4. The van der Waals surface area contributed by atoms with Crippen LogP contribution in [0.25, 0.3) is 0 Å². The van der Waals surface area contributed by atoms with Crippen molar-refractivity contribution in [3.63, 3.8) is 0 Å². The fourth-order valence-corrected chi connectivity index (χ4v) is 3.59. The molecule has 130 valence electrons. The second-order valence-corrected chi connectivity index (χ2v) is 7.71. The third-order valence-corrected chi connectivity index (χ3v) is 5.87. The largest absolute Gasteiger partial charge is 0.355 e. The van der Waals surface area contributed by atoms with Crippen LogP contribution < -0.4 is 5.32 Å². The Morgan fingerprint density at radius 1 is 0.957 bits per heavy atom. The Balaban J connectivity index is 1.31. The van der Waals surface area contributed by atoms with Gasteiger partial charge in [-0.15, -0.1) is 0 Å². The number of rotatable bonds is 7. The Bertz CT molecular complexity index is 435. The third kappa shape index (κ3) is 4.46. The lowest BCUT2D eigenvalue weighted by molar-refractivity contribution is -0.137. The van der Waals surface area contributed by atoms with Gasteiger partial charge in [-0.1, -0.05) is 13.8 Å². The van der Waals surface area contributed by atoms with Crippen LogP contribution in [0.5, 0.6) is 0 Å². The van der Waals surface area contributed by atoms with Crippen molar-refractivity contribution in [2.24, 2.45) is 23.7 Å². The van der Waals surface area contributed by atoms with Gasteiger partial charge in [-0.3, -0.25) is 14.5 Å². The van der Waals surface area contributed by atoms with E-state index < -0.39 is 0 Å². The normalized spacial score (nSPS) is 25.0. The molecule has 0 radical (unpaired) electrons. The Labute approximate surface area is 139 Å². The molecule has 3 aliphatic rings. The van der Waals surface area contributed by atoms with Crippen molar-refractivity contribution in [1.29, 1.82) is 0 Å². The van der Waals surface area contributed by atoms with Crippen molar-refractivity contribution in [1.82, 2.24) is 15.1 Å². The maximum absolute atomic E-state index is 12.4. The lowest BCUT2D eigenvalue weighted by Gasteiger charge is -2.36. The minimum absolute atomic E-state index is 0.174. The monoisotopic (exact) mass is 321 g/mol. The molecule has 0 unspecified atom stereocenters. The quantitative estimate of drug-likeness (QED) is 0.770. The Hall–Kier alpha value is -1.10. The smallest absolute Gasteiger partial charge is 0.225 e. The summed E-state index contributed by atoms with van der Waals surface area (Å²) < 4.78 is 0. The van der Waals surface area contributed by atoms with Crippen molar-refractivity contribution in [2.45, 2.75) is 39.5 Å². The Kier molecular flexibility index (Phi) is 5.24. The van der Waals surface area contributed by atoms with Crippen molar-refractivity contribution in [2.75, 3.05) is 39.3 Å². The van der Waals surface area contributed by atoms with Crippen LogP contribution in [0.4, 0.5) is 0 Å². The van der Waals surface area contributed by atoms with Crippen LogP contribution in [0.2, 0.25) is 0 Å². The fraction of sp³-hybridized carbons (Fsp3) is 0.889. The molecule has 0 spiro atoms. The molecule has 5 heteroatoms. The maximum Gasteiger partial charge on any atom is 0.225 e. The Morgan fingerprint density at radius 2 is 1.52 bits per heavy atom. The van der Waals surface area contributed by atoms with Crippen LogP contribution in [0.15, 0.2) is 0 Å². The molecule has 5 nitrogen and oxygen atoms in total. The van der Waals surface area contributed by atoms with E-state index in [4.69, 9.17) is 0 Å². The molecular weight excluding hydrogens is 290 g/mol. The standard InChI is InChI=1S/C18H31N3O2/c1-13(15-3-4-15)17(22)19-7-8-20-9-11-21(12-10-20)18(23)14(2)16-5-6-16/h13-16H,3-12H2,1-2H3,(H,19,22)/t13-,14+/m1/s1. The van der Waals surface area contributed by atoms with Gasteiger partial charge in [-0.25, -0.2) is 0 Å². The highest BCUT2D eigenvalue weighted by atomic mass is 16.2. The first kappa shape index (κ1) is 16.7. The van der Waals surface area contributed by atoms with E-state index >= 15 is 0 Å². The van der Waals surface area contributed by atoms with E-state index in [9.17, 15) is 9.59 Å². The number of hydrogen-bond acceptors (Lipinski definition) is 3. The van der Waals surface area contributed by atoms with Crippen molar-refractivity contribution >= 4 is 11.8 Å². The van der Waals surface area contributed by atoms with E-state index in [1.807, 2.05) is 11.8 Å². The van der Waals surface area contributed by atoms with Gasteiger partial charge in [0.25, 0.3) is 0 Å². The van der Waals surface area contributed by atoms with Crippen molar-refractivity contribution in [3.8, 4) is 0 Å². The average molecular weight is 321 g/mol. The molecule has 3 fully saturated rings. The molecule has 0 aromatic rings. The van der Waals surface area contributed by atoms with Gasteiger partial charge < -0.3 is 10.2 Å². The topological polar surface area (TPSA) is 52.7 Å². The molecule has 23 heavy (non-hydrogen) atoms. The summed E-state index contributed by atoms with van der Waals surface area (Å²) in [6, 6.07) is 0. The molecule has 2 atom stereocenters. The van der Waals surface area contributed by atoms with Crippen LogP contribution in [0.3, 0.4) is 0 Å². The van der Waals surface area contributed by atoms with E-state index in [1.54, 1.807) is 0 Å². The highest BCUT2D eigenvalue weighted by molar-refractivity contribution is 5.79. The molecule has 1 aliphatic heterocycles. The molecule has 0 aromatic heterocycles. The minimum atomic E-state index is 0.174. The van der Waals surface area contributed by atoms with Crippen molar-refractivity contribution < 1.29 is 9.59 Å². The Morgan fingerprint density at radius 3 is 2.09 bits per heavy atom. The minimum Gasteiger partial charge on any atom is -0.355 e. The number of carbonyl (C=O) groups excluding carboxylic acids is 2. The molecule has 0 aromatic carbocycles. The predicted molar refractivity (Wildman–Crippen MR) is 89.8 cm³/mol. The lowest BCUT2D eigenvalue weighted by atomic mass is 10.0. The number of hydrogen-bond donors (Lipinski definition) is 1. The third-order valence-electron chi connectivity index (χ3n) is 5.87. The first-order valence-corrected chi connectivity index (χ1v) is 9.35. The second kappa shape index (κ2) is 7.20. The molecule has 1 saturated heterocycles. The predicted octanol–water partition coefficient (Wildman–Crippen LogP) is 1.34. The van der Waals surface area contributed by atoms with Gasteiger partial charge in [0.15, 0.2) is 0 Å². The van der Waals surface area contributed by atoms with Gasteiger partial charge in [-0.2, -0.15) is 0 Å². The summed E-state index contributed by atoms with van der Waals surface area (Å²) in [7, 11) is 0. The summed E-state index contributed by atoms with van der Waals surface area (Å²) in [5.41, 5.74) is 0. The van der Waals surface area contributed by atoms with E-state index in [0.717, 1.165) is 39.3 Å². The first-order chi connectivity index (χ1) is 11.1. The summed E-state index contributed by atoms with van der Waals surface area (Å²) in [4.78, 5) is 28.7. The number of amides is 2. The SMILES string of the molecule is C[C@H](C(=O)N1CCN(CCNC(=O)[C@H](C)C2CC2)CC1)C1CC1. The molecule has 1 heterocycles. The van der Waals surface area contributed by atoms with E-state index in [2.05, 4.69) is 17.1 Å². The van der Waals surface area contributed by atoms with Crippen LogP contribution in [-0.2, 0) is 9.59 Å². The highest BCUT2D eigenvalue weighted by Gasteiger charge is 2.36. The first-order valence-electron chi connectivity index (χ1n) is 9.35. The van der Waals surface area contributed by atoms with Gasteiger partial charge in [0, 0.05) is 51.1 Å². The van der Waals surface area contributed by atoms with E-state index in [-0.39, 0.29) is 17.7 Å². The van der Waals surface area contributed by atoms with Crippen LogP contribution in [0, 0.1) is 23.7 Å². The molecule has 1 N–H and O–H groups in total. The molecule has 2 saturated carbocycles. The number of piperazine rings is 1. The molecule has 3 rings (SSSR count). The van der Waals surface area contributed by atoms with E-state index in [1.165, 1.54) is 25.7 Å². The van der Waals surface area contributed by atoms with Gasteiger partial charge in [-0.05, 0) is 37.5 Å². The van der Waals surface area contributed by atoms with Crippen LogP contribution in [0.1, 0.15) is 39.5 Å². The molecular formula is C18H31N3O2. The van der Waals surface area contributed by atoms with Crippen molar-refractivity contribution in [3.05, 3.63) is 0 Å². The zero-order chi connectivity index (χ0) is 16.4. The highest BCUT2D eigenvalue weighted by Crippen LogP contribution is 2.37. The average Bonchev–Trinajstić information content (AvgIpc) is 3.45. The van der Waals surface area contributed by atoms with Gasteiger partial charge in [0.05, 0.1) is 0 Å². The number of carbonyl (C=O) groups is 2. The summed E-state index contributed by atoms with van der Waals surface area (Å²) in [5.74, 6) is 2.21. The fourth-order valence-electron chi connectivity index (χ4n) is 3.59. The number of nitrogens with one attached hydrogen (secondary N) is 1. The van der Waals surface area contributed by atoms with Crippen LogP contribution in [-0.4, -0.2) is 60.9 Å². The summed E-state index contributed by atoms with van der Waals surface area (Å²) in [6.45, 7) is 9.27. The molecule has 2 amide bonds. The number of nitrogens with zero attached hydrogens (tertiary/aromatic N) is 2.